The molecule has 1 fully saturated rings. The molecule has 1 aliphatic rings. The summed E-state index contributed by atoms with van der Waals surface area (Å²) in [5.74, 6) is 0.0406. The average Bonchev–Trinajstić information content (AvgIpc) is 3.03. The zero-order valence-corrected chi connectivity index (χ0v) is 11.2. The van der Waals surface area contributed by atoms with E-state index in [1.165, 1.54) is 0 Å². The van der Waals surface area contributed by atoms with E-state index in [1.54, 1.807) is 23.1 Å². The van der Waals surface area contributed by atoms with Crippen molar-refractivity contribution in [1.82, 2.24) is 25.3 Å². The van der Waals surface area contributed by atoms with Crippen LogP contribution >= 0.6 is 0 Å². The number of carbonyl (C=O) groups excluding carboxylic acids is 1. The number of H-pyrrole nitrogens is 1. The van der Waals surface area contributed by atoms with Gasteiger partial charge in [-0.2, -0.15) is 10.2 Å². The Morgan fingerprint density at radius 2 is 2.40 bits per heavy atom. The molecule has 0 radical (unpaired) electrons. The van der Waals surface area contributed by atoms with Crippen LogP contribution in [0.4, 0.5) is 0 Å². The molecule has 2 heterocycles. The highest BCUT2D eigenvalue weighted by Crippen LogP contribution is 2.38. The highest BCUT2D eigenvalue weighted by Gasteiger charge is 2.36. The first-order chi connectivity index (χ1) is 9.63. The molecule has 0 saturated heterocycles. The fourth-order valence-corrected chi connectivity index (χ4v) is 2.58. The normalized spacial score (nSPS) is 23.1. The van der Waals surface area contributed by atoms with Gasteiger partial charge in [0.25, 0.3) is 5.91 Å². The summed E-state index contributed by atoms with van der Waals surface area (Å²) in [6.45, 7) is 0. The van der Waals surface area contributed by atoms with Crippen LogP contribution in [0.5, 0.6) is 0 Å². The van der Waals surface area contributed by atoms with Gasteiger partial charge >= 0.3 is 0 Å². The number of aliphatic hydroxyl groups is 1. The summed E-state index contributed by atoms with van der Waals surface area (Å²) in [5, 5.41) is 23.1. The minimum absolute atomic E-state index is 0.136. The van der Waals surface area contributed by atoms with Gasteiger partial charge < -0.3 is 10.4 Å². The molecule has 0 bridgehead atoms. The van der Waals surface area contributed by atoms with E-state index >= 15 is 0 Å². The fraction of sp³-hybridized carbons (Fsp3) is 0.462. The molecule has 7 nitrogen and oxygen atoms in total. The second-order valence-corrected chi connectivity index (χ2v) is 5.25. The number of hydrogen-bond acceptors (Lipinski definition) is 4. The van der Waals surface area contributed by atoms with Crippen molar-refractivity contribution in [2.45, 2.75) is 25.0 Å². The largest absolute Gasteiger partial charge is 0.393 e. The van der Waals surface area contributed by atoms with Crippen LogP contribution in [0.25, 0.3) is 0 Å². The fourth-order valence-electron chi connectivity index (χ4n) is 2.58. The summed E-state index contributed by atoms with van der Waals surface area (Å²) in [4.78, 5) is 12.2. The van der Waals surface area contributed by atoms with Crippen molar-refractivity contribution < 1.29 is 9.90 Å². The minimum Gasteiger partial charge on any atom is -0.393 e. The molecule has 1 aliphatic carbocycles. The van der Waals surface area contributed by atoms with Gasteiger partial charge in [-0.05, 0) is 24.8 Å². The summed E-state index contributed by atoms with van der Waals surface area (Å²) in [6, 6.07) is 1.49. The van der Waals surface area contributed by atoms with Crippen LogP contribution in [-0.2, 0) is 7.05 Å². The number of aryl methyl sites for hydroxylation is 1. The smallest absolute Gasteiger partial charge is 0.269 e. The maximum atomic E-state index is 12.2. The summed E-state index contributed by atoms with van der Waals surface area (Å²) < 4.78 is 1.71. The lowest BCUT2D eigenvalue weighted by Crippen LogP contribution is -2.41. The first kappa shape index (κ1) is 12.9. The molecule has 3 N–H and O–H groups in total. The van der Waals surface area contributed by atoms with Gasteiger partial charge in [0.1, 0.15) is 5.69 Å². The Morgan fingerprint density at radius 1 is 1.60 bits per heavy atom. The first-order valence-electron chi connectivity index (χ1n) is 6.60. The Kier molecular flexibility index (Phi) is 3.27. The SMILES string of the molecule is Cn1cc([C@@H](NC(=O)c2ccn[nH]2)C2CC(O)C2)cn1. The predicted molar refractivity (Wildman–Crippen MR) is 70.7 cm³/mol. The van der Waals surface area contributed by atoms with Gasteiger partial charge in [-0.3, -0.25) is 14.6 Å². The third-order valence-corrected chi connectivity index (χ3v) is 3.74. The van der Waals surface area contributed by atoms with Gasteiger partial charge in [0.15, 0.2) is 0 Å². The summed E-state index contributed by atoms with van der Waals surface area (Å²) >= 11 is 0. The van der Waals surface area contributed by atoms with Crippen molar-refractivity contribution in [3.8, 4) is 0 Å². The second-order valence-electron chi connectivity index (χ2n) is 5.25. The van der Waals surface area contributed by atoms with Gasteiger partial charge in [0.05, 0.1) is 18.3 Å². The standard InChI is InChI=1S/C13H17N5O2/c1-18-7-9(6-15-18)12(8-4-10(19)5-8)16-13(20)11-2-3-14-17-11/h2-3,6-8,10,12,19H,4-5H2,1H3,(H,14,17)(H,16,20)/t8?,10?,12-/m0/s1. The van der Waals surface area contributed by atoms with Crippen molar-refractivity contribution >= 4 is 5.91 Å². The average molecular weight is 275 g/mol. The van der Waals surface area contributed by atoms with Crippen LogP contribution in [0.3, 0.4) is 0 Å². The van der Waals surface area contributed by atoms with Crippen LogP contribution in [0.15, 0.2) is 24.7 Å². The lowest BCUT2D eigenvalue weighted by atomic mass is 9.75. The number of aromatic amines is 1. The molecule has 0 aromatic carbocycles. The molecule has 0 spiro atoms. The van der Waals surface area contributed by atoms with Crippen molar-refractivity contribution in [3.63, 3.8) is 0 Å². The van der Waals surface area contributed by atoms with E-state index in [0.29, 0.717) is 18.5 Å². The van der Waals surface area contributed by atoms with Gasteiger partial charge in [-0.25, -0.2) is 0 Å². The number of aromatic nitrogens is 4. The molecule has 7 heteroatoms. The number of carbonyl (C=O) groups is 1. The second kappa shape index (κ2) is 5.09. The highest BCUT2D eigenvalue weighted by molar-refractivity contribution is 5.92. The molecule has 106 valence electrons. The number of aliphatic hydroxyl groups excluding tert-OH is 1. The predicted octanol–water partition coefficient (Wildman–Crippen LogP) is 0.385. The Labute approximate surface area is 116 Å². The van der Waals surface area contributed by atoms with Crippen LogP contribution in [0, 0.1) is 5.92 Å². The summed E-state index contributed by atoms with van der Waals surface area (Å²) in [5.41, 5.74) is 1.39. The maximum Gasteiger partial charge on any atom is 0.269 e. The van der Waals surface area contributed by atoms with Crippen molar-refractivity contribution in [1.29, 1.82) is 0 Å². The molecule has 1 saturated carbocycles. The van der Waals surface area contributed by atoms with Crippen molar-refractivity contribution in [3.05, 3.63) is 35.9 Å². The number of nitrogens with one attached hydrogen (secondary N) is 2. The summed E-state index contributed by atoms with van der Waals surface area (Å²) in [7, 11) is 1.84. The van der Waals surface area contributed by atoms with Gasteiger partial charge in [-0.15, -0.1) is 0 Å². The molecular weight excluding hydrogens is 258 g/mol. The molecular formula is C13H17N5O2. The molecule has 1 atom stereocenters. The third kappa shape index (κ3) is 2.44. The molecule has 0 aliphatic heterocycles. The van der Waals surface area contributed by atoms with Gasteiger partial charge in [0, 0.05) is 25.0 Å². The molecule has 1 amide bonds. The van der Waals surface area contributed by atoms with E-state index in [4.69, 9.17) is 0 Å². The monoisotopic (exact) mass is 275 g/mol. The topological polar surface area (TPSA) is 95.8 Å². The zero-order valence-electron chi connectivity index (χ0n) is 11.2. The molecule has 3 rings (SSSR count). The lowest BCUT2D eigenvalue weighted by molar-refractivity contribution is 0.0234. The Bertz CT molecular complexity index is 586. The summed E-state index contributed by atoms with van der Waals surface area (Å²) in [6.07, 6.45) is 6.32. The molecule has 0 unspecified atom stereocenters. The van der Waals surface area contributed by atoms with Crippen LogP contribution < -0.4 is 5.32 Å². The first-order valence-corrected chi connectivity index (χ1v) is 6.60. The van der Waals surface area contributed by atoms with Gasteiger partial charge in [0.2, 0.25) is 0 Å². The lowest BCUT2D eigenvalue weighted by Gasteiger charge is -2.37. The quantitative estimate of drug-likeness (QED) is 0.752. The van der Waals surface area contributed by atoms with Crippen molar-refractivity contribution in [2.24, 2.45) is 13.0 Å². The maximum absolute atomic E-state index is 12.2. The van der Waals surface area contributed by atoms with E-state index in [0.717, 1.165) is 5.56 Å². The number of rotatable bonds is 4. The Hall–Kier alpha value is -2.15. The van der Waals surface area contributed by atoms with E-state index in [1.807, 2.05) is 13.2 Å². The van der Waals surface area contributed by atoms with E-state index in [-0.39, 0.29) is 24.0 Å². The number of nitrogens with zero attached hydrogens (tertiary/aromatic N) is 3. The van der Waals surface area contributed by atoms with E-state index in [2.05, 4.69) is 20.6 Å². The van der Waals surface area contributed by atoms with Crippen LogP contribution in [0.1, 0.15) is 34.9 Å². The van der Waals surface area contributed by atoms with E-state index in [9.17, 15) is 9.90 Å². The minimum atomic E-state index is -0.261. The third-order valence-electron chi connectivity index (χ3n) is 3.74. The highest BCUT2D eigenvalue weighted by atomic mass is 16.3. The Balaban J connectivity index is 1.77. The molecule has 2 aromatic rings. The van der Waals surface area contributed by atoms with Gasteiger partial charge in [-0.1, -0.05) is 0 Å². The van der Waals surface area contributed by atoms with Crippen LogP contribution in [-0.4, -0.2) is 37.1 Å². The van der Waals surface area contributed by atoms with E-state index < -0.39 is 0 Å². The number of hydrogen-bond donors (Lipinski definition) is 3. The number of amides is 1. The van der Waals surface area contributed by atoms with Crippen molar-refractivity contribution in [2.75, 3.05) is 0 Å². The molecule has 20 heavy (non-hydrogen) atoms. The van der Waals surface area contributed by atoms with Crippen LogP contribution in [0.2, 0.25) is 0 Å². The zero-order chi connectivity index (χ0) is 14.1. The molecule has 2 aromatic heterocycles. The Morgan fingerprint density at radius 3 is 2.95 bits per heavy atom.